The van der Waals surface area contributed by atoms with Crippen LogP contribution >= 0.6 is 0 Å². The maximum Gasteiger partial charge on any atom is 0.226 e. The number of rotatable bonds is 10. The summed E-state index contributed by atoms with van der Waals surface area (Å²) in [6.45, 7) is 14.3. The average molecular weight is 386 g/mol. The topological polar surface area (TPSA) is 65.7 Å². The van der Waals surface area contributed by atoms with Crippen LogP contribution in [0.15, 0.2) is 46.0 Å². The van der Waals surface area contributed by atoms with Gasteiger partial charge in [-0.1, -0.05) is 18.2 Å². The van der Waals surface area contributed by atoms with Gasteiger partial charge in [0, 0.05) is 37.3 Å². The lowest BCUT2D eigenvalue weighted by Crippen LogP contribution is -2.41. The second-order valence-corrected chi connectivity index (χ2v) is 7.41. The monoisotopic (exact) mass is 385 g/mol. The molecular weight excluding hydrogens is 350 g/mol. The van der Waals surface area contributed by atoms with Gasteiger partial charge in [0.05, 0.1) is 6.54 Å². The molecule has 0 aliphatic heterocycles. The van der Waals surface area contributed by atoms with Gasteiger partial charge in [-0.25, -0.2) is 9.98 Å². The molecule has 0 fully saturated rings. The number of hydrogen-bond acceptors (Lipinski definition) is 4. The van der Waals surface area contributed by atoms with E-state index in [-0.39, 0.29) is 0 Å². The Balaban J connectivity index is 1.86. The molecule has 6 heteroatoms. The number of hydrogen-bond donors (Lipinski definition) is 2. The quantitative estimate of drug-likeness (QED) is 0.369. The van der Waals surface area contributed by atoms with Crippen molar-refractivity contribution >= 4 is 5.96 Å². The standard InChI is InChI=1S/C22H35N5O/c1-6-23-22(24-13-10-14-27(17(2)3)18(4)5)25-15-20-16-28-21(26-20)19-11-8-7-9-12-19/h7-9,11-12,16-18H,6,10,13-15H2,1-5H3,(H2,23,24,25). The first-order valence-electron chi connectivity index (χ1n) is 10.3. The maximum absolute atomic E-state index is 5.59. The van der Waals surface area contributed by atoms with E-state index in [0.29, 0.717) is 24.5 Å². The molecule has 1 heterocycles. The summed E-state index contributed by atoms with van der Waals surface area (Å²) in [7, 11) is 0. The number of guanidine groups is 1. The van der Waals surface area contributed by atoms with Crippen LogP contribution in [0.5, 0.6) is 0 Å². The summed E-state index contributed by atoms with van der Waals surface area (Å²) in [6, 6.07) is 11.0. The van der Waals surface area contributed by atoms with Gasteiger partial charge in [-0.05, 0) is 53.2 Å². The number of nitrogens with zero attached hydrogens (tertiary/aromatic N) is 3. The first kappa shape index (κ1) is 22.0. The number of aliphatic imine (C=N–C) groups is 1. The van der Waals surface area contributed by atoms with Gasteiger partial charge in [0.1, 0.15) is 12.0 Å². The van der Waals surface area contributed by atoms with Crippen LogP contribution in [0, 0.1) is 0 Å². The Morgan fingerprint density at radius 3 is 2.46 bits per heavy atom. The first-order valence-corrected chi connectivity index (χ1v) is 10.3. The molecule has 0 saturated heterocycles. The molecule has 1 aromatic heterocycles. The minimum atomic E-state index is 0.482. The highest BCUT2D eigenvalue weighted by molar-refractivity contribution is 5.79. The predicted octanol–water partition coefficient (Wildman–Crippen LogP) is 3.91. The fraction of sp³-hybridized carbons (Fsp3) is 0.545. The molecule has 0 atom stereocenters. The van der Waals surface area contributed by atoms with Crippen molar-refractivity contribution in [2.45, 2.75) is 59.7 Å². The van der Waals surface area contributed by atoms with Crippen molar-refractivity contribution in [1.29, 1.82) is 0 Å². The van der Waals surface area contributed by atoms with Gasteiger partial charge in [0.15, 0.2) is 5.96 Å². The Hall–Kier alpha value is -2.34. The van der Waals surface area contributed by atoms with Crippen LogP contribution in [-0.4, -0.2) is 47.6 Å². The van der Waals surface area contributed by atoms with Crippen molar-refractivity contribution in [2.75, 3.05) is 19.6 Å². The molecule has 2 aromatic rings. The van der Waals surface area contributed by atoms with Gasteiger partial charge >= 0.3 is 0 Å². The summed E-state index contributed by atoms with van der Waals surface area (Å²) in [5.74, 6) is 1.44. The van der Waals surface area contributed by atoms with E-state index in [1.54, 1.807) is 6.26 Å². The highest BCUT2D eigenvalue weighted by Gasteiger charge is 2.12. The van der Waals surface area contributed by atoms with Crippen LogP contribution < -0.4 is 10.6 Å². The molecule has 2 N–H and O–H groups in total. The van der Waals surface area contributed by atoms with Gasteiger partial charge in [-0.2, -0.15) is 0 Å². The Kier molecular flexibility index (Phi) is 9.01. The van der Waals surface area contributed by atoms with Gasteiger partial charge in [-0.15, -0.1) is 0 Å². The minimum Gasteiger partial charge on any atom is -0.444 e. The second-order valence-electron chi connectivity index (χ2n) is 7.41. The molecule has 6 nitrogen and oxygen atoms in total. The zero-order chi connectivity index (χ0) is 20.4. The van der Waals surface area contributed by atoms with Crippen molar-refractivity contribution in [2.24, 2.45) is 4.99 Å². The van der Waals surface area contributed by atoms with E-state index in [0.717, 1.165) is 43.3 Å². The smallest absolute Gasteiger partial charge is 0.226 e. The molecule has 0 unspecified atom stereocenters. The van der Waals surface area contributed by atoms with Crippen molar-refractivity contribution in [1.82, 2.24) is 20.5 Å². The van der Waals surface area contributed by atoms with Crippen molar-refractivity contribution < 1.29 is 4.42 Å². The number of benzene rings is 1. The summed E-state index contributed by atoms with van der Waals surface area (Å²) < 4.78 is 5.59. The third-order valence-corrected chi connectivity index (χ3v) is 4.53. The van der Waals surface area contributed by atoms with Gasteiger partial charge < -0.3 is 15.1 Å². The molecule has 2 rings (SSSR count). The maximum atomic E-state index is 5.59. The van der Waals surface area contributed by atoms with E-state index in [1.165, 1.54) is 0 Å². The number of nitrogens with one attached hydrogen (secondary N) is 2. The second kappa shape index (κ2) is 11.5. The minimum absolute atomic E-state index is 0.482. The van der Waals surface area contributed by atoms with E-state index in [9.17, 15) is 0 Å². The van der Waals surface area contributed by atoms with Crippen molar-refractivity contribution in [3.63, 3.8) is 0 Å². The summed E-state index contributed by atoms with van der Waals surface area (Å²) in [6.07, 6.45) is 2.75. The van der Waals surface area contributed by atoms with E-state index in [1.807, 2.05) is 30.3 Å². The lowest BCUT2D eigenvalue weighted by Gasteiger charge is -2.30. The zero-order valence-corrected chi connectivity index (χ0v) is 17.9. The molecule has 0 radical (unpaired) electrons. The normalized spacial score (nSPS) is 12.2. The Labute approximate surface area is 169 Å². The van der Waals surface area contributed by atoms with Gasteiger partial charge in [0.2, 0.25) is 5.89 Å². The summed E-state index contributed by atoms with van der Waals surface area (Å²) in [5, 5.41) is 6.71. The SMILES string of the molecule is CCNC(=NCc1coc(-c2ccccc2)n1)NCCCN(C(C)C)C(C)C. The fourth-order valence-corrected chi connectivity index (χ4v) is 3.18. The third-order valence-electron chi connectivity index (χ3n) is 4.53. The molecule has 154 valence electrons. The van der Waals surface area contributed by atoms with E-state index < -0.39 is 0 Å². The molecule has 0 amide bonds. The van der Waals surface area contributed by atoms with Crippen LogP contribution in [0.4, 0.5) is 0 Å². The number of oxazole rings is 1. The highest BCUT2D eigenvalue weighted by atomic mass is 16.3. The van der Waals surface area contributed by atoms with Crippen molar-refractivity contribution in [3.8, 4) is 11.5 Å². The van der Waals surface area contributed by atoms with Crippen LogP contribution in [0.25, 0.3) is 11.5 Å². The first-order chi connectivity index (χ1) is 13.5. The number of aromatic nitrogens is 1. The molecule has 0 aliphatic carbocycles. The largest absolute Gasteiger partial charge is 0.444 e. The molecule has 0 bridgehead atoms. The summed E-state index contributed by atoms with van der Waals surface area (Å²) >= 11 is 0. The molecule has 28 heavy (non-hydrogen) atoms. The summed E-state index contributed by atoms with van der Waals surface area (Å²) in [4.78, 5) is 11.7. The zero-order valence-electron chi connectivity index (χ0n) is 17.9. The molecular formula is C22H35N5O. The summed E-state index contributed by atoms with van der Waals surface area (Å²) in [5.41, 5.74) is 1.80. The molecule has 1 aromatic carbocycles. The Morgan fingerprint density at radius 1 is 1.11 bits per heavy atom. The lowest BCUT2D eigenvalue weighted by atomic mass is 10.2. The van der Waals surface area contributed by atoms with Crippen LogP contribution in [0.2, 0.25) is 0 Å². The van der Waals surface area contributed by atoms with E-state index in [4.69, 9.17) is 4.42 Å². The van der Waals surface area contributed by atoms with Crippen molar-refractivity contribution in [3.05, 3.63) is 42.3 Å². The molecule has 0 aliphatic rings. The van der Waals surface area contributed by atoms with E-state index >= 15 is 0 Å². The Bertz CT molecular complexity index is 701. The predicted molar refractivity (Wildman–Crippen MR) is 116 cm³/mol. The van der Waals surface area contributed by atoms with Gasteiger partial charge in [-0.3, -0.25) is 4.90 Å². The van der Waals surface area contributed by atoms with Crippen LogP contribution in [0.1, 0.15) is 46.7 Å². The fourth-order valence-electron chi connectivity index (χ4n) is 3.18. The highest BCUT2D eigenvalue weighted by Crippen LogP contribution is 2.18. The van der Waals surface area contributed by atoms with Crippen LogP contribution in [-0.2, 0) is 6.54 Å². The van der Waals surface area contributed by atoms with Crippen LogP contribution in [0.3, 0.4) is 0 Å². The lowest BCUT2D eigenvalue weighted by molar-refractivity contribution is 0.173. The molecule has 0 saturated carbocycles. The molecule has 0 spiro atoms. The third kappa shape index (κ3) is 7.00. The van der Waals surface area contributed by atoms with E-state index in [2.05, 4.69) is 60.1 Å². The average Bonchev–Trinajstić information content (AvgIpc) is 3.15. The van der Waals surface area contributed by atoms with Gasteiger partial charge in [0.25, 0.3) is 0 Å². The Morgan fingerprint density at radius 2 is 1.82 bits per heavy atom.